The minimum atomic E-state index is 0.865. The predicted octanol–water partition coefficient (Wildman–Crippen LogP) is 13.8. The molecule has 0 saturated heterocycles. The normalized spacial score (nSPS) is 11.6. The quantitative estimate of drug-likeness (QED) is 0.187. The first-order valence-electron chi connectivity index (χ1n) is 17.1. The summed E-state index contributed by atoms with van der Waals surface area (Å²) in [5, 5.41) is 9.26. The summed E-state index contributed by atoms with van der Waals surface area (Å²) in [4.78, 5) is 2.44. The fourth-order valence-electron chi connectivity index (χ4n) is 7.72. The molecule has 0 amide bonds. The van der Waals surface area contributed by atoms with E-state index < -0.39 is 0 Å². The van der Waals surface area contributed by atoms with E-state index in [1.54, 1.807) is 0 Å². The van der Waals surface area contributed by atoms with Gasteiger partial charge in [0.05, 0.1) is 22.4 Å². The zero-order chi connectivity index (χ0) is 33.0. The highest BCUT2D eigenvalue weighted by Gasteiger charge is 2.23. The van der Waals surface area contributed by atoms with Crippen LogP contribution in [0.5, 0.6) is 0 Å². The first-order chi connectivity index (χ1) is 24.8. The van der Waals surface area contributed by atoms with Crippen LogP contribution < -0.4 is 4.90 Å². The number of hydrogen-bond acceptors (Lipinski definition) is 2. The van der Waals surface area contributed by atoms with Crippen molar-refractivity contribution < 1.29 is 4.42 Å². The van der Waals surface area contributed by atoms with Crippen LogP contribution in [0, 0.1) is 0 Å². The van der Waals surface area contributed by atoms with Crippen LogP contribution in [-0.4, -0.2) is 0 Å². The van der Waals surface area contributed by atoms with Gasteiger partial charge in [-0.2, -0.15) is 0 Å². The molecule has 50 heavy (non-hydrogen) atoms. The zero-order valence-electron chi connectivity index (χ0n) is 27.3. The third-order valence-electron chi connectivity index (χ3n) is 10.0. The molecule has 10 aromatic rings. The van der Waals surface area contributed by atoms with Crippen LogP contribution in [0.2, 0.25) is 0 Å². The van der Waals surface area contributed by atoms with Crippen molar-refractivity contribution in [2.24, 2.45) is 0 Å². The predicted molar refractivity (Wildman–Crippen MR) is 212 cm³/mol. The number of rotatable bonds is 5. The summed E-state index contributed by atoms with van der Waals surface area (Å²) in [5.74, 6) is 0. The largest absolute Gasteiger partial charge is 0.455 e. The van der Waals surface area contributed by atoms with Crippen molar-refractivity contribution in [2.75, 3.05) is 4.90 Å². The van der Waals surface area contributed by atoms with Crippen molar-refractivity contribution >= 4 is 71.3 Å². The lowest BCUT2D eigenvalue weighted by Crippen LogP contribution is -2.11. The van der Waals surface area contributed by atoms with E-state index in [2.05, 4.69) is 193 Å². The Morgan fingerprint density at radius 3 is 1.52 bits per heavy atom. The summed E-state index contributed by atoms with van der Waals surface area (Å²) in [7, 11) is 0. The molecule has 1 heterocycles. The highest BCUT2D eigenvalue weighted by molar-refractivity contribution is 6.23. The minimum absolute atomic E-state index is 0.865. The zero-order valence-corrected chi connectivity index (χ0v) is 27.3. The van der Waals surface area contributed by atoms with Crippen LogP contribution in [0.15, 0.2) is 192 Å². The highest BCUT2D eigenvalue weighted by atomic mass is 16.3. The summed E-state index contributed by atoms with van der Waals surface area (Å²) in [5.41, 5.74) is 9.88. The number of nitrogens with zero attached hydrogens (tertiary/aromatic N) is 1. The Bertz CT molecular complexity index is 2780. The Balaban J connectivity index is 1.28. The van der Waals surface area contributed by atoms with Crippen LogP contribution >= 0.6 is 0 Å². The average molecular weight is 638 g/mol. The monoisotopic (exact) mass is 637 g/mol. The lowest BCUT2D eigenvalue weighted by Gasteiger charge is -2.28. The second-order valence-electron chi connectivity index (χ2n) is 12.9. The molecule has 234 valence electrons. The van der Waals surface area contributed by atoms with Crippen LogP contribution in [0.4, 0.5) is 17.1 Å². The van der Waals surface area contributed by atoms with Gasteiger partial charge in [0.15, 0.2) is 0 Å². The first kappa shape index (κ1) is 28.4. The van der Waals surface area contributed by atoms with E-state index in [9.17, 15) is 0 Å². The Morgan fingerprint density at radius 2 is 0.840 bits per heavy atom. The van der Waals surface area contributed by atoms with Gasteiger partial charge in [-0.05, 0) is 68.7 Å². The molecule has 0 aliphatic carbocycles. The number of furan rings is 1. The maximum atomic E-state index is 6.84. The number of benzene rings is 9. The van der Waals surface area contributed by atoms with Gasteiger partial charge in [0.25, 0.3) is 0 Å². The standard InChI is InChI=1S/C48H31NO/c1-2-13-32(14-3-1)33-27-29-36(30-28-33)41-31-42-47-45(25-12-26-46(47)50-48(42)40-22-9-8-21-39(40)41)49(43-23-10-17-34-15-4-6-19-37(34)43)44-24-11-18-35-16-5-7-20-38(35)44/h1-31H. The molecule has 0 fully saturated rings. The van der Waals surface area contributed by atoms with Gasteiger partial charge in [0.2, 0.25) is 0 Å². The van der Waals surface area contributed by atoms with E-state index in [1.807, 2.05) is 0 Å². The lowest BCUT2D eigenvalue weighted by molar-refractivity contribution is 0.672. The molecule has 0 spiro atoms. The van der Waals surface area contributed by atoms with Crippen molar-refractivity contribution in [3.8, 4) is 22.3 Å². The Labute approximate surface area is 290 Å². The summed E-state index contributed by atoms with van der Waals surface area (Å²) in [6.07, 6.45) is 0. The summed E-state index contributed by atoms with van der Waals surface area (Å²) >= 11 is 0. The van der Waals surface area contributed by atoms with Gasteiger partial charge in [-0.15, -0.1) is 0 Å². The topological polar surface area (TPSA) is 16.4 Å². The van der Waals surface area contributed by atoms with Gasteiger partial charge in [-0.25, -0.2) is 0 Å². The SMILES string of the molecule is c1ccc(-c2ccc(-c3cc4c(oc5cccc(N(c6cccc7ccccc67)c6cccc7ccccc67)c54)c4ccccc34)cc2)cc1. The molecular formula is C48H31NO. The van der Waals surface area contributed by atoms with Gasteiger partial charge in [0.1, 0.15) is 11.2 Å². The molecule has 0 atom stereocenters. The average Bonchev–Trinajstić information content (AvgIpc) is 3.58. The van der Waals surface area contributed by atoms with Crippen LogP contribution in [-0.2, 0) is 0 Å². The maximum absolute atomic E-state index is 6.84. The third-order valence-corrected chi connectivity index (χ3v) is 10.0. The lowest BCUT2D eigenvalue weighted by atomic mass is 9.93. The van der Waals surface area contributed by atoms with Crippen LogP contribution in [0.3, 0.4) is 0 Å². The molecule has 9 aromatic carbocycles. The Kier molecular flexibility index (Phi) is 6.53. The maximum Gasteiger partial charge on any atom is 0.143 e. The molecule has 0 bridgehead atoms. The van der Waals surface area contributed by atoms with Crippen LogP contribution in [0.1, 0.15) is 0 Å². The number of fused-ring (bicyclic) bond motifs is 7. The highest BCUT2D eigenvalue weighted by Crippen LogP contribution is 2.48. The Morgan fingerprint density at radius 1 is 0.340 bits per heavy atom. The Hall–Kier alpha value is -6.64. The van der Waals surface area contributed by atoms with Gasteiger partial charge in [-0.3, -0.25) is 0 Å². The van der Waals surface area contributed by atoms with E-state index >= 15 is 0 Å². The molecule has 10 rings (SSSR count). The van der Waals surface area contributed by atoms with E-state index in [0.717, 1.165) is 44.4 Å². The van der Waals surface area contributed by atoms with Crippen molar-refractivity contribution in [3.05, 3.63) is 188 Å². The minimum Gasteiger partial charge on any atom is -0.455 e. The van der Waals surface area contributed by atoms with Crippen LogP contribution in [0.25, 0.3) is 76.5 Å². The van der Waals surface area contributed by atoms with Gasteiger partial charge in [-0.1, -0.05) is 158 Å². The van der Waals surface area contributed by atoms with Crippen molar-refractivity contribution in [1.82, 2.24) is 0 Å². The number of hydrogen-bond donors (Lipinski definition) is 0. The molecule has 0 unspecified atom stereocenters. The molecule has 0 radical (unpaired) electrons. The third kappa shape index (κ3) is 4.50. The summed E-state index contributed by atoms with van der Waals surface area (Å²) in [6, 6.07) is 67.4. The van der Waals surface area contributed by atoms with E-state index in [1.165, 1.54) is 49.2 Å². The molecule has 0 aliphatic rings. The molecular weight excluding hydrogens is 607 g/mol. The van der Waals surface area contributed by atoms with Crippen molar-refractivity contribution in [1.29, 1.82) is 0 Å². The van der Waals surface area contributed by atoms with E-state index in [4.69, 9.17) is 4.42 Å². The van der Waals surface area contributed by atoms with Gasteiger partial charge in [0, 0.05) is 21.5 Å². The smallest absolute Gasteiger partial charge is 0.143 e. The summed E-state index contributed by atoms with van der Waals surface area (Å²) in [6.45, 7) is 0. The fraction of sp³-hybridized carbons (Fsp3) is 0. The first-order valence-corrected chi connectivity index (χ1v) is 17.1. The van der Waals surface area contributed by atoms with Gasteiger partial charge < -0.3 is 9.32 Å². The molecule has 0 saturated carbocycles. The van der Waals surface area contributed by atoms with E-state index in [-0.39, 0.29) is 0 Å². The summed E-state index contributed by atoms with van der Waals surface area (Å²) < 4.78 is 6.84. The molecule has 2 nitrogen and oxygen atoms in total. The molecule has 0 N–H and O–H groups in total. The van der Waals surface area contributed by atoms with E-state index in [0.29, 0.717) is 0 Å². The molecule has 0 aliphatic heterocycles. The van der Waals surface area contributed by atoms with Crippen molar-refractivity contribution in [2.45, 2.75) is 0 Å². The second-order valence-corrected chi connectivity index (χ2v) is 12.9. The molecule has 2 heteroatoms. The number of anilines is 3. The molecule has 1 aromatic heterocycles. The second kappa shape index (κ2) is 11.5. The van der Waals surface area contributed by atoms with Gasteiger partial charge >= 0.3 is 0 Å². The fourth-order valence-corrected chi connectivity index (χ4v) is 7.72. The van der Waals surface area contributed by atoms with Crippen molar-refractivity contribution in [3.63, 3.8) is 0 Å².